The molecule has 0 spiro atoms. The van der Waals surface area contributed by atoms with E-state index < -0.39 is 0 Å². The minimum atomic E-state index is -0.0279. The molecule has 0 aliphatic heterocycles. The van der Waals surface area contributed by atoms with E-state index in [1.165, 1.54) is 27.8 Å². The molecule has 0 amide bonds. The van der Waals surface area contributed by atoms with Gasteiger partial charge in [-0.25, -0.2) is 0 Å². The predicted octanol–water partition coefficient (Wildman–Crippen LogP) is 3.71. The van der Waals surface area contributed by atoms with Gasteiger partial charge in [-0.1, -0.05) is 60.2 Å². The second-order valence-electron chi connectivity index (χ2n) is 5.36. The predicted molar refractivity (Wildman–Crippen MR) is 76.1 cm³/mol. The lowest BCUT2D eigenvalue weighted by molar-refractivity contribution is -0.109. The molecule has 0 radical (unpaired) electrons. The van der Waals surface area contributed by atoms with E-state index in [9.17, 15) is 4.79 Å². The smallest absolute Gasteiger partial charge is 0.128 e. The number of rotatable bonds is 1. The summed E-state index contributed by atoms with van der Waals surface area (Å²) in [5.41, 5.74) is 6.47. The number of allylic oxidation sites excluding steroid dienone is 1. The molecule has 92 valence electrons. The third kappa shape index (κ3) is 1.45. The van der Waals surface area contributed by atoms with Crippen molar-refractivity contribution in [2.75, 3.05) is 0 Å². The highest BCUT2D eigenvalue weighted by Gasteiger charge is 2.37. The van der Waals surface area contributed by atoms with Gasteiger partial charge in [-0.05, 0) is 28.7 Å². The van der Waals surface area contributed by atoms with Crippen LogP contribution in [0.25, 0.3) is 6.08 Å². The fourth-order valence-electron chi connectivity index (χ4n) is 3.57. The highest BCUT2D eigenvalue weighted by atomic mass is 16.1. The zero-order chi connectivity index (χ0) is 12.8. The third-order valence-electron chi connectivity index (χ3n) is 4.39. The Morgan fingerprint density at radius 1 is 0.947 bits per heavy atom. The number of aldehydes is 1. The normalized spacial score (nSPS) is 23.1. The van der Waals surface area contributed by atoms with Gasteiger partial charge in [-0.15, -0.1) is 0 Å². The van der Waals surface area contributed by atoms with Crippen LogP contribution in [-0.4, -0.2) is 6.29 Å². The Morgan fingerprint density at radius 2 is 1.68 bits per heavy atom. The molecule has 2 aromatic carbocycles. The maximum Gasteiger partial charge on any atom is 0.128 e. The Kier molecular flexibility index (Phi) is 2.22. The van der Waals surface area contributed by atoms with Gasteiger partial charge in [0.1, 0.15) is 6.29 Å². The summed E-state index contributed by atoms with van der Waals surface area (Å²) in [5.74, 6) is 0.225. The average Bonchev–Trinajstić information content (AvgIpc) is 2.82. The number of hydrogen-bond donors (Lipinski definition) is 0. The summed E-state index contributed by atoms with van der Waals surface area (Å²) in [6.45, 7) is 0. The van der Waals surface area contributed by atoms with Crippen LogP contribution in [0.2, 0.25) is 0 Å². The van der Waals surface area contributed by atoms with Crippen LogP contribution < -0.4 is 0 Å². The van der Waals surface area contributed by atoms with Crippen molar-refractivity contribution in [3.05, 3.63) is 76.4 Å². The van der Waals surface area contributed by atoms with Gasteiger partial charge >= 0.3 is 0 Å². The van der Waals surface area contributed by atoms with Crippen LogP contribution in [0.5, 0.6) is 0 Å². The number of carbonyl (C=O) groups excluding carboxylic acids is 1. The molecule has 4 rings (SSSR count). The van der Waals surface area contributed by atoms with Gasteiger partial charge in [-0.3, -0.25) is 0 Å². The molecule has 0 heterocycles. The molecule has 0 saturated heterocycles. The molecule has 0 unspecified atom stereocenters. The van der Waals surface area contributed by atoms with Crippen molar-refractivity contribution in [3.63, 3.8) is 0 Å². The van der Waals surface area contributed by atoms with E-state index in [2.05, 4.69) is 42.5 Å². The van der Waals surface area contributed by atoms with Gasteiger partial charge in [0.15, 0.2) is 0 Å². The Morgan fingerprint density at radius 3 is 2.53 bits per heavy atom. The van der Waals surface area contributed by atoms with Crippen LogP contribution in [0.3, 0.4) is 0 Å². The van der Waals surface area contributed by atoms with Gasteiger partial charge < -0.3 is 4.79 Å². The number of hydrogen-bond acceptors (Lipinski definition) is 1. The van der Waals surface area contributed by atoms with Crippen molar-refractivity contribution in [3.8, 4) is 0 Å². The molecule has 0 saturated carbocycles. The van der Waals surface area contributed by atoms with E-state index in [1.807, 2.05) is 12.1 Å². The van der Waals surface area contributed by atoms with E-state index in [-0.39, 0.29) is 11.8 Å². The maximum absolute atomic E-state index is 11.6. The van der Waals surface area contributed by atoms with E-state index in [1.54, 1.807) is 0 Å². The van der Waals surface area contributed by atoms with E-state index in [0.29, 0.717) is 0 Å². The maximum atomic E-state index is 11.6. The van der Waals surface area contributed by atoms with Crippen LogP contribution in [0, 0.1) is 0 Å². The summed E-state index contributed by atoms with van der Waals surface area (Å²) in [7, 11) is 0. The molecule has 0 bridgehead atoms. The van der Waals surface area contributed by atoms with Gasteiger partial charge in [0, 0.05) is 5.92 Å². The molecule has 0 fully saturated rings. The summed E-state index contributed by atoms with van der Waals surface area (Å²) < 4.78 is 0. The minimum absolute atomic E-state index is 0.0279. The molecule has 2 aliphatic rings. The number of carbonyl (C=O) groups is 1. The molecular formula is C18H14O. The Balaban J connectivity index is 1.95. The van der Waals surface area contributed by atoms with Crippen LogP contribution in [0.1, 0.15) is 34.1 Å². The lowest BCUT2D eigenvalue weighted by Crippen LogP contribution is -2.16. The SMILES string of the molecule is O=C[C@H]1c2ccccc2C=C2Cc3ccccc3[C@@H]21. The van der Waals surface area contributed by atoms with Gasteiger partial charge in [0.25, 0.3) is 0 Å². The fraction of sp³-hybridized carbons (Fsp3) is 0.167. The summed E-state index contributed by atoms with van der Waals surface area (Å²) in [6.07, 6.45) is 4.39. The molecule has 1 heteroatoms. The zero-order valence-electron chi connectivity index (χ0n) is 10.5. The molecular weight excluding hydrogens is 232 g/mol. The molecule has 0 aromatic heterocycles. The van der Waals surface area contributed by atoms with Crippen molar-refractivity contribution < 1.29 is 4.79 Å². The van der Waals surface area contributed by atoms with Crippen LogP contribution >= 0.6 is 0 Å². The lowest BCUT2D eigenvalue weighted by Gasteiger charge is -2.27. The van der Waals surface area contributed by atoms with Crippen molar-refractivity contribution in [2.24, 2.45) is 0 Å². The molecule has 2 aliphatic carbocycles. The molecule has 2 aromatic rings. The summed E-state index contributed by atoms with van der Waals surface area (Å²) in [5, 5.41) is 0. The lowest BCUT2D eigenvalue weighted by atomic mass is 9.75. The summed E-state index contributed by atoms with van der Waals surface area (Å²) >= 11 is 0. The topological polar surface area (TPSA) is 17.1 Å². The van der Waals surface area contributed by atoms with Crippen LogP contribution in [0.15, 0.2) is 54.1 Å². The van der Waals surface area contributed by atoms with Crippen molar-refractivity contribution in [2.45, 2.75) is 18.3 Å². The Bertz CT molecular complexity index is 696. The largest absolute Gasteiger partial charge is 0.303 e. The first kappa shape index (κ1) is 10.7. The first-order valence-corrected chi connectivity index (χ1v) is 6.71. The van der Waals surface area contributed by atoms with Crippen molar-refractivity contribution in [1.29, 1.82) is 0 Å². The molecule has 1 nitrogen and oxygen atoms in total. The summed E-state index contributed by atoms with van der Waals surface area (Å²) in [6, 6.07) is 16.8. The second kappa shape index (κ2) is 3.92. The Hall–Kier alpha value is -2.15. The minimum Gasteiger partial charge on any atom is -0.303 e. The average molecular weight is 246 g/mol. The highest BCUT2D eigenvalue weighted by molar-refractivity contribution is 5.77. The van der Waals surface area contributed by atoms with Gasteiger partial charge in [0.05, 0.1) is 5.92 Å². The monoisotopic (exact) mass is 246 g/mol. The zero-order valence-corrected chi connectivity index (χ0v) is 10.5. The number of benzene rings is 2. The highest BCUT2D eigenvalue weighted by Crippen LogP contribution is 2.49. The third-order valence-corrected chi connectivity index (χ3v) is 4.39. The standard InChI is InChI=1S/C18H14O/c19-11-17-15-7-3-1-5-12(15)9-14-10-13-6-2-4-8-16(13)18(14)17/h1-9,11,17-18H,10H2/t17-,18+/m0/s1. The summed E-state index contributed by atoms with van der Waals surface area (Å²) in [4.78, 5) is 11.6. The van der Waals surface area contributed by atoms with Crippen molar-refractivity contribution in [1.82, 2.24) is 0 Å². The fourth-order valence-corrected chi connectivity index (χ4v) is 3.57. The van der Waals surface area contributed by atoms with Gasteiger partial charge in [0.2, 0.25) is 0 Å². The van der Waals surface area contributed by atoms with E-state index >= 15 is 0 Å². The van der Waals surface area contributed by atoms with E-state index in [0.717, 1.165) is 12.7 Å². The molecule has 0 N–H and O–H groups in total. The first-order valence-electron chi connectivity index (χ1n) is 6.71. The Labute approximate surface area is 112 Å². The first-order chi connectivity index (χ1) is 9.38. The molecule has 19 heavy (non-hydrogen) atoms. The van der Waals surface area contributed by atoms with Crippen LogP contribution in [-0.2, 0) is 11.2 Å². The van der Waals surface area contributed by atoms with Gasteiger partial charge in [-0.2, -0.15) is 0 Å². The molecule has 2 atom stereocenters. The van der Waals surface area contributed by atoms with Crippen LogP contribution in [0.4, 0.5) is 0 Å². The second-order valence-corrected chi connectivity index (χ2v) is 5.36. The number of fused-ring (bicyclic) bond motifs is 4. The quantitative estimate of drug-likeness (QED) is 0.701. The van der Waals surface area contributed by atoms with E-state index in [4.69, 9.17) is 0 Å². The van der Waals surface area contributed by atoms with Crippen molar-refractivity contribution >= 4 is 12.4 Å².